The molecular formula is C10H22S2. The monoisotopic (exact) mass is 206 g/mol. The summed E-state index contributed by atoms with van der Waals surface area (Å²) in [4.78, 5) is 0. The van der Waals surface area contributed by atoms with Crippen molar-refractivity contribution in [3.8, 4) is 0 Å². The molecule has 0 heterocycles. The lowest BCUT2D eigenvalue weighted by Gasteiger charge is -2.00. The molecule has 0 aliphatic carbocycles. The third-order valence-electron chi connectivity index (χ3n) is 1.66. The van der Waals surface area contributed by atoms with Crippen molar-refractivity contribution >= 4 is 23.5 Å². The van der Waals surface area contributed by atoms with Crippen LogP contribution in [-0.4, -0.2) is 23.0 Å². The molecule has 0 saturated heterocycles. The smallest absolute Gasteiger partial charge is 0.00235 e. The van der Waals surface area contributed by atoms with Gasteiger partial charge in [0.25, 0.3) is 0 Å². The van der Waals surface area contributed by atoms with Gasteiger partial charge in [-0.1, -0.05) is 26.7 Å². The Bertz CT molecular complexity index is 64.2. The Morgan fingerprint density at radius 3 is 1.42 bits per heavy atom. The predicted molar refractivity (Wildman–Crippen MR) is 64.5 cm³/mol. The van der Waals surface area contributed by atoms with E-state index < -0.39 is 0 Å². The minimum absolute atomic E-state index is 1.34. The molecule has 2 heteroatoms. The van der Waals surface area contributed by atoms with Gasteiger partial charge >= 0.3 is 0 Å². The summed E-state index contributed by atoms with van der Waals surface area (Å²) in [5.41, 5.74) is 0. The average molecular weight is 206 g/mol. The second-order valence-corrected chi connectivity index (χ2v) is 5.38. The molecule has 0 N–H and O–H groups in total. The van der Waals surface area contributed by atoms with Crippen LogP contribution in [0.5, 0.6) is 0 Å². The standard InChI is InChI=1S/C10H22S2/c1-3-5-7-11-9-10-12-8-6-4-2/h3-10H2,1-2H3. The second-order valence-electron chi connectivity index (χ2n) is 2.93. The van der Waals surface area contributed by atoms with E-state index in [0.717, 1.165) is 0 Å². The topological polar surface area (TPSA) is 0 Å². The Morgan fingerprint density at radius 1 is 0.667 bits per heavy atom. The van der Waals surface area contributed by atoms with E-state index >= 15 is 0 Å². The van der Waals surface area contributed by atoms with Gasteiger partial charge in [-0.3, -0.25) is 0 Å². The van der Waals surface area contributed by atoms with Gasteiger partial charge in [0.15, 0.2) is 0 Å². The lowest BCUT2D eigenvalue weighted by Crippen LogP contribution is -1.88. The molecule has 0 atom stereocenters. The first-order valence-corrected chi connectivity index (χ1v) is 7.38. The van der Waals surface area contributed by atoms with Gasteiger partial charge in [0.1, 0.15) is 0 Å². The Kier molecular flexibility index (Phi) is 12.4. The first-order valence-electron chi connectivity index (χ1n) is 5.07. The Labute approximate surface area is 86.3 Å². The van der Waals surface area contributed by atoms with Crippen molar-refractivity contribution in [2.75, 3.05) is 23.0 Å². The van der Waals surface area contributed by atoms with E-state index in [-0.39, 0.29) is 0 Å². The molecule has 0 aromatic heterocycles. The zero-order chi connectivity index (χ0) is 9.07. The van der Waals surface area contributed by atoms with E-state index in [0.29, 0.717) is 0 Å². The highest BCUT2D eigenvalue weighted by atomic mass is 32.2. The summed E-state index contributed by atoms with van der Waals surface area (Å²) in [6.07, 6.45) is 5.47. The Balaban J connectivity index is 2.73. The Morgan fingerprint density at radius 2 is 1.08 bits per heavy atom. The van der Waals surface area contributed by atoms with Gasteiger partial charge in [0, 0.05) is 11.5 Å². The van der Waals surface area contributed by atoms with Gasteiger partial charge in [-0.05, 0) is 24.3 Å². The molecule has 0 aromatic carbocycles. The zero-order valence-corrected chi connectivity index (χ0v) is 10.1. The summed E-state index contributed by atoms with van der Waals surface area (Å²) in [7, 11) is 0. The summed E-state index contributed by atoms with van der Waals surface area (Å²) in [6, 6.07) is 0. The molecule has 0 radical (unpaired) electrons. The molecule has 74 valence electrons. The number of rotatable bonds is 9. The molecule has 0 bridgehead atoms. The van der Waals surface area contributed by atoms with Crippen LogP contribution in [-0.2, 0) is 0 Å². The molecule has 12 heavy (non-hydrogen) atoms. The first-order chi connectivity index (χ1) is 5.91. The van der Waals surface area contributed by atoms with Crippen molar-refractivity contribution in [1.82, 2.24) is 0 Å². The van der Waals surface area contributed by atoms with Crippen LogP contribution in [0, 0.1) is 0 Å². The number of thioether (sulfide) groups is 2. The maximum atomic E-state index is 2.26. The van der Waals surface area contributed by atoms with Crippen LogP contribution in [0.3, 0.4) is 0 Å². The van der Waals surface area contributed by atoms with Crippen LogP contribution in [0.1, 0.15) is 39.5 Å². The number of hydrogen-bond donors (Lipinski definition) is 0. The number of hydrogen-bond acceptors (Lipinski definition) is 2. The van der Waals surface area contributed by atoms with Crippen LogP contribution in [0.2, 0.25) is 0 Å². The van der Waals surface area contributed by atoms with Crippen molar-refractivity contribution in [3.63, 3.8) is 0 Å². The molecule has 0 amide bonds. The van der Waals surface area contributed by atoms with Crippen LogP contribution < -0.4 is 0 Å². The SMILES string of the molecule is CCCCSCCSCCCC. The summed E-state index contributed by atoms with van der Waals surface area (Å²) in [5, 5.41) is 0. The molecular weight excluding hydrogens is 184 g/mol. The molecule has 0 spiro atoms. The first kappa shape index (κ1) is 12.7. The summed E-state index contributed by atoms with van der Waals surface area (Å²) in [5.74, 6) is 5.44. The third kappa shape index (κ3) is 10.7. The van der Waals surface area contributed by atoms with Crippen molar-refractivity contribution in [2.45, 2.75) is 39.5 Å². The van der Waals surface area contributed by atoms with Crippen LogP contribution in [0.25, 0.3) is 0 Å². The highest BCUT2D eigenvalue weighted by Crippen LogP contribution is 2.10. The van der Waals surface area contributed by atoms with Crippen molar-refractivity contribution < 1.29 is 0 Å². The van der Waals surface area contributed by atoms with Crippen molar-refractivity contribution in [1.29, 1.82) is 0 Å². The molecule has 0 aliphatic rings. The predicted octanol–water partition coefficient (Wildman–Crippen LogP) is 4.05. The van der Waals surface area contributed by atoms with Crippen molar-refractivity contribution in [3.05, 3.63) is 0 Å². The zero-order valence-electron chi connectivity index (χ0n) is 8.47. The van der Waals surface area contributed by atoms with E-state index in [1.165, 1.54) is 48.7 Å². The van der Waals surface area contributed by atoms with E-state index in [9.17, 15) is 0 Å². The lowest BCUT2D eigenvalue weighted by molar-refractivity contribution is 0.895. The Hall–Kier alpha value is 0.700. The quantitative estimate of drug-likeness (QED) is 0.522. The van der Waals surface area contributed by atoms with Gasteiger partial charge < -0.3 is 0 Å². The van der Waals surface area contributed by atoms with Gasteiger partial charge in [-0.25, -0.2) is 0 Å². The fourth-order valence-electron chi connectivity index (χ4n) is 0.815. The maximum Gasteiger partial charge on any atom is 0.00235 e. The van der Waals surface area contributed by atoms with E-state index in [4.69, 9.17) is 0 Å². The molecule has 0 nitrogen and oxygen atoms in total. The summed E-state index contributed by atoms with van der Waals surface area (Å²) >= 11 is 4.23. The van der Waals surface area contributed by atoms with E-state index in [1.54, 1.807) is 0 Å². The molecule has 0 fully saturated rings. The third-order valence-corrected chi connectivity index (χ3v) is 4.06. The summed E-state index contributed by atoms with van der Waals surface area (Å²) in [6.45, 7) is 4.52. The largest absolute Gasteiger partial charge is 0.161 e. The van der Waals surface area contributed by atoms with Crippen LogP contribution in [0.4, 0.5) is 0 Å². The molecule has 0 rings (SSSR count). The molecule has 0 saturated carbocycles. The normalized spacial score (nSPS) is 10.5. The van der Waals surface area contributed by atoms with E-state index in [1.807, 2.05) is 0 Å². The van der Waals surface area contributed by atoms with Gasteiger partial charge in [0.05, 0.1) is 0 Å². The van der Waals surface area contributed by atoms with Crippen LogP contribution >= 0.6 is 23.5 Å². The molecule has 0 aromatic rings. The minimum atomic E-state index is 1.34. The van der Waals surface area contributed by atoms with Crippen molar-refractivity contribution in [2.24, 2.45) is 0 Å². The average Bonchev–Trinajstić information content (AvgIpc) is 2.10. The lowest BCUT2D eigenvalue weighted by atomic mass is 10.4. The van der Waals surface area contributed by atoms with Gasteiger partial charge in [-0.2, -0.15) is 23.5 Å². The minimum Gasteiger partial charge on any atom is -0.161 e. The van der Waals surface area contributed by atoms with Crippen LogP contribution in [0.15, 0.2) is 0 Å². The molecule has 0 unspecified atom stereocenters. The maximum absolute atomic E-state index is 2.26. The fraction of sp³-hybridized carbons (Fsp3) is 1.00. The number of unbranched alkanes of at least 4 members (excludes halogenated alkanes) is 2. The van der Waals surface area contributed by atoms with Gasteiger partial charge in [-0.15, -0.1) is 0 Å². The highest BCUT2D eigenvalue weighted by molar-refractivity contribution is 8.02. The molecule has 0 aliphatic heterocycles. The van der Waals surface area contributed by atoms with E-state index in [2.05, 4.69) is 37.4 Å². The second kappa shape index (κ2) is 11.7. The highest BCUT2D eigenvalue weighted by Gasteiger charge is 1.90. The summed E-state index contributed by atoms with van der Waals surface area (Å²) < 4.78 is 0. The van der Waals surface area contributed by atoms with Gasteiger partial charge in [0.2, 0.25) is 0 Å². The fourth-order valence-corrected chi connectivity index (χ4v) is 3.15.